The van der Waals surface area contributed by atoms with E-state index in [0.717, 1.165) is 72.7 Å². The Hall–Kier alpha value is -6.56. The number of fused-ring (bicyclic) bond motifs is 4. The van der Waals surface area contributed by atoms with Crippen molar-refractivity contribution in [2.24, 2.45) is 0 Å². The summed E-state index contributed by atoms with van der Waals surface area (Å²) >= 11 is 0. The van der Waals surface area contributed by atoms with Gasteiger partial charge in [0.1, 0.15) is 19.3 Å². The maximum Gasteiger partial charge on any atom is 0.287 e. The van der Waals surface area contributed by atoms with Gasteiger partial charge in [-0.3, -0.25) is 9.59 Å². The van der Waals surface area contributed by atoms with Gasteiger partial charge in [0.2, 0.25) is 0 Å². The molecule has 0 radical (unpaired) electrons. The summed E-state index contributed by atoms with van der Waals surface area (Å²) in [5.41, 5.74) is 9.49. The van der Waals surface area contributed by atoms with Gasteiger partial charge in [-0.2, -0.15) is 0 Å². The van der Waals surface area contributed by atoms with E-state index in [1.165, 1.54) is 45.7 Å². The largest absolute Gasteiger partial charge is 0.423 e. The van der Waals surface area contributed by atoms with Crippen molar-refractivity contribution < 1.29 is 10.0 Å². The fourth-order valence-corrected chi connectivity index (χ4v) is 7.28. The molecule has 0 unspecified atom stereocenters. The molecule has 9 rings (SSSR count). The summed E-state index contributed by atoms with van der Waals surface area (Å²) in [5.74, 6) is 0. The highest BCUT2D eigenvalue weighted by molar-refractivity contribution is 5.92. The summed E-state index contributed by atoms with van der Waals surface area (Å²) in [5, 5.41) is 11.5. The fraction of sp³-hybridized carbons (Fsp3) is 0.220. The highest BCUT2D eigenvalue weighted by Crippen LogP contribution is 2.32. The standard InChI is InChI=1S/C24H22N4O2.C17H16N4O2/c1-17-23-21(27-12-11-19-9-5-6-10-20(19)14-27)13-22(29)28(24(23)26-16-25-17)30-15-18-7-3-2-4-8-18;1-11-16-14(8-15(22)21(23)17(16)19-10-18-11)20-7-6-12-4-2-3-5-13(12)9-20/h2-10,13,16H,11-12,14-15H2,1H3;2-5,8,10,23H,6-7,9H2,1H3. The normalized spacial score (nSPS) is 13.6. The Kier molecular flexibility index (Phi) is 9.01. The van der Waals surface area contributed by atoms with Crippen LogP contribution in [0.1, 0.15) is 39.2 Å². The van der Waals surface area contributed by atoms with Gasteiger partial charge in [-0.1, -0.05) is 78.9 Å². The van der Waals surface area contributed by atoms with E-state index in [1.807, 2.05) is 50.2 Å². The summed E-state index contributed by atoms with van der Waals surface area (Å²) in [7, 11) is 0. The van der Waals surface area contributed by atoms with Gasteiger partial charge in [0.05, 0.1) is 33.5 Å². The van der Waals surface area contributed by atoms with Crippen LogP contribution in [0.5, 0.6) is 0 Å². The number of aryl methyl sites for hydroxylation is 2. The molecular formula is C41H38N8O4. The first-order chi connectivity index (χ1) is 25.9. The van der Waals surface area contributed by atoms with Crippen LogP contribution < -0.4 is 25.8 Å². The average molecular weight is 707 g/mol. The summed E-state index contributed by atoms with van der Waals surface area (Å²) in [4.78, 5) is 52.5. The van der Waals surface area contributed by atoms with Gasteiger partial charge in [0.25, 0.3) is 11.1 Å². The molecule has 12 heteroatoms. The van der Waals surface area contributed by atoms with Gasteiger partial charge in [0.15, 0.2) is 11.3 Å². The first kappa shape index (κ1) is 33.6. The molecule has 1 N–H and O–H groups in total. The van der Waals surface area contributed by atoms with Crippen molar-refractivity contribution in [1.29, 1.82) is 0 Å². The zero-order valence-corrected chi connectivity index (χ0v) is 29.5. The number of rotatable bonds is 5. The minimum absolute atomic E-state index is 0.231. The second-order valence-electron chi connectivity index (χ2n) is 13.3. The first-order valence-electron chi connectivity index (χ1n) is 17.6. The lowest BCUT2D eigenvalue weighted by molar-refractivity contribution is 0.0979. The predicted octanol–water partition coefficient (Wildman–Crippen LogP) is 5.19. The van der Waals surface area contributed by atoms with Crippen molar-refractivity contribution >= 4 is 33.4 Å². The third-order valence-electron chi connectivity index (χ3n) is 10.0. The predicted molar refractivity (Wildman–Crippen MR) is 203 cm³/mol. The van der Waals surface area contributed by atoms with E-state index in [9.17, 15) is 14.8 Å². The first-order valence-corrected chi connectivity index (χ1v) is 17.6. The Morgan fingerprint density at radius 3 is 1.70 bits per heavy atom. The molecule has 7 aromatic rings. The van der Waals surface area contributed by atoms with Crippen LogP contribution in [0, 0.1) is 13.8 Å². The van der Waals surface area contributed by atoms with E-state index in [1.54, 1.807) is 6.07 Å². The van der Waals surface area contributed by atoms with Crippen LogP contribution in [-0.2, 0) is 32.5 Å². The zero-order chi connectivity index (χ0) is 36.5. The van der Waals surface area contributed by atoms with Crippen LogP contribution in [0.3, 0.4) is 0 Å². The van der Waals surface area contributed by atoms with Gasteiger partial charge in [-0.25, -0.2) is 19.9 Å². The van der Waals surface area contributed by atoms with Crippen LogP contribution in [0.25, 0.3) is 22.1 Å². The van der Waals surface area contributed by atoms with Crippen LogP contribution in [-0.4, -0.2) is 47.7 Å². The lowest BCUT2D eigenvalue weighted by Crippen LogP contribution is -2.34. The van der Waals surface area contributed by atoms with E-state index in [0.29, 0.717) is 15.8 Å². The van der Waals surface area contributed by atoms with Gasteiger partial charge < -0.3 is 19.8 Å². The molecular weight excluding hydrogens is 669 g/mol. The molecule has 266 valence electrons. The maximum atomic E-state index is 13.0. The Bertz CT molecular complexity index is 2590. The van der Waals surface area contributed by atoms with Crippen molar-refractivity contribution in [3.8, 4) is 0 Å². The van der Waals surface area contributed by atoms with Crippen molar-refractivity contribution in [2.45, 2.75) is 46.4 Å². The number of hydrogen-bond donors (Lipinski definition) is 1. The molecule has 0 spiro atoms. The van der Waals surface area contributed by atoms with E-state index >= 15 is 0 Å². The van der Waals surface area contributed by atoms with Crippen LogP contribution in [0.2, 0.25) is 0 Å². The molecule has 53 heavy (non-hydrogen) atoms. The molecule has 0 atom stereocenters. The van der Waals surface area contributed by atoms with Crippen LogP contribution in [0.4, 0.5) is 11.4 Å². The van der Waals surface area contributed by atoms with Gasteiger partial charge in [0, 0.05) is 38.3 Å². The maximum absolute atomic E-state index is 13.0. The molecule has 2 aliphatic heterocycles. The SMILES string of the molecule is Cc1ncnc2c1c(N1CCc3ccccc3C1)cc(=O)n2O.Cc1ncnc2c1c(N1CCc3ccccc3C1)cc(=O)n2OCc1ccccc1. The minimum Gasteiger partial charge on any atom is -0.423 e. The molecule has 6 heterocycles. The van der Waals surface area contributed by atoms with Crippen molar-refractivity contribution in [3.63, 3.8) is 0 Å². The Labute approximate surface area is 305 Å². The number of nitrogens with zero attached hydrogens (tertiary/aromatic N) is 8. The molecule has 0 saturated carbocycles. The van der Waals surface area contributed by atoms with Crippen LogP contribution in [0.15, 0.2) is 113 Å². The minimum atomic E-state index is -0.482. The lowest BCUT2D eigenvalue weighted by atomic mass is 9.99. The Balaban J connectivity index is 0.000000156. The fourth-order valence-electron chi connectivity index (χ4n) is 7.28. The summed E-state index contributed by atoms with van der Waals surface area (Å²) < 4.78 is 1.88. The highest BCUT2D eigenvalue weighted by Gasteiger charge is 2.23. The van der Waals surface area contributed by atoms with E-state index in [4.69, 9.17) is 4.84 Å². The Morgan fingerprint density at radius 1 is 0.623 bits per heavy atom. The molecule has 3 aromatic carbocycles. The number of anilines is 2. The van der Waals surface area contributed by atoms with Crippen molar-refractivity contribution in [1.82, 2.24) is 29.4 Å². The van der Waals surface area contributed by atoms with Gasteiger partial charge in [-0.15, -0.1) is 9.46 Å². The molecule has 0 saturated heterocycles. The molecule has 2 aliphatic rings. The molecule has 4 aromatic heterocycles. The average Bonchev–Trinajstić information content (AvgIpc) is 3.19. The highest BCUT2D eigenvalue weighted by atomic mass is 16.7. The van der Waals surface area contributed by atoms with Crippen molar-refractivity contribution in [3.05, 3.63) is 164 Å². The molecule has 0 aliphatic carbocycles. The van der Waals surface area contributed by atoms with Crippen molar-refractivity contribution in [2.75, 3.05) is 22.9 Å². The Morgan fingerprint density at radius 2 is 1.11 bits per heavy atom. The third kappa shape index (κ3) is 6.55. The lowest BCUT2D eigenvalue weighted by Gasteiger charge is -2.31. The van der Waals surface area contributed by atoms with E-state index in [-0.39, 0.29) is 17.8 Å². The number of pyridine rings is 2. The molecule has 0 fully saturated rings. The topological polar surface area (TPSA) is 132 Å². The van der Waals surface area contributed by atoms with E-state index < -0.39 is 5.56 Å². The van der Waals surface area contributed by atoms with Crippen LogP contribution >= 0.6 is 0 Å². The molecule has 0 amide bonds. The molecule has 12 nitrogen and oxygen atoms in total. The molecule has 0 bridgehead atoms. The number of aromatic nitrogens is 6. The van der Waals surface area contributed by atoms with Gasteiger partial charge in [-0.05, 0) is 54.5 Å². The number of hydrogen-bond acceptors (Lipinski definition) is 10. The zero-order valence-electron chi connectivity index (χ0n) is 29.5. The second kappa shape index (κ2) is 14.2. The summed E-state index contributed by atoms with van der Waals surface area (Å²) in [6.07, 6.45) is 4.71. The third-order valence-corrected chi connectivity index (χ3v) is 10.0. The quantitative estimate of drug-likeness (QED) is 0.239. The summed E-state index contributed by atoms with van der Waals surface area (Å²) in [6, 6.07) is 29.7. The summed E-state index contributed by atoms with van der Waals surface area (Å²) in [6.45, 7) is 7.23. The monoisotopic (exact) mass is 706 g/mol. The van der Waals surface area contributed by atoms with Gasteiger partial charge >= 0.3 is 0 Å². The number of benzene rings is 3. The van der Waals surface area contributed by atoms with E-state index in [2.05, 4.69) is 72.2 Å². The second-order valence-corrected chi connectivity index (χ2v) is 13.3. The smallest absolute Gasteiger partial charge is 0.287 e.